The average Bonchev–Trinajstić information content (AvgIpc) is 3.29. The van der Waals surface area contributed by atoms with Gasteiger partial charge in [-0.3, -0.25) is 9.35 Å². The number of aliphatic hydroxyl groups excluding tert-OH is 3. The number of ether oxygens (including phenoxy) is 4. The number of carbonyl (C=O) groups is 1. The van der Waals surface area contributed by atoms with E-state index in [2.05, 4.69) is 78.8 Å². The van der Waals surface area contributed by atoms with Crippen molar-refractivity contribution in [2.75, 3.05) is 26.4 Å². The standard InChI is InChI=1S/C53H94O12S/c1-3-5-7-9-11-13-15-17-19-21-23-25-27-29-31-33-35-37-39-41-43-61-45-47(46-62-53-51(57)52(65-66(58,59)60)50(56)48(44-54)64-53)63-49(55)42-40-38-36-34-32-30-28-26-24-22-20-18-16-14-12-10-8-6-4-2/h6,8,12,14,17-20,24,26,47-48,50-54,56-57H,3-5,7,9-11,13,15-16,21-23,25,27-46H2,1-2H3,(H,58,59,60)/b8-6-,14-12-,19-17-,20-18-,26-24-. The molecule has 384 valence electrons. The van der Waals surface area contributed by atoms with Crippen LogP contribution < -0.4 is 0 Å². The predicted molar refractivity (Wildman–Crippen MR) is 266 cm³/mol. The van der Waals surface area contributed by atoms with Gasteiger partial charge in [0.1, 0.15) is 30.5 Å². The van der Waals surface area contributed by atoms with Crippen molar-refractivity contribution in [3.8, 4) is 0 Å². The molecule has 1 fully saturated rings. The van der Waals surface area contributed by atoms with Gasteiger partial charge in [0.15, 0.2) is 6.29 Å². The van der Waals surface area contributed by atoms with Crippen molar-refractivity contribution in [1.29, 1.82) is 0 Å². The molecular formula is C53H94O12S. The number of hydrogen-bond donors (Lipinski definition) is 4. The second-order valence-electron chi connectivity index (χ2n) is 17.7. The zero-order valence-corrected chi connectivity index (χ0v) is 42.1. The third-order valence-corrected chi connectivity index (χ3v) is 12.1. The Morgan fingerprint density at radius 2 is 1.05 bits per heavy atom. The number of esters is 1. The summed E-state index contributed by atoms with van der Waals surface area (Å²) < 4.78 is 59.3. The lowest BCUT2D eigenvalue weighted by molar-refractivity contribution is -0.301. The van der Waals surface area contributed by atoms with E-state index in [4.69, 9.17) is 18.9 Å². The smallest absolute Gasteiger partial charge is 0.397 e. The van der Waals surface area contributed by atoms with Gasteiger partial charge in [-0.05, 0) is 77.0 Å². The Balaban J connectivity index is 2.37. The summed E-state index contributed by atoms with van der Waals surface area (Å²) in [6, 6.07) is 0. The lowest BCUT2D eigenvalue weighted by atomic mass is 9.99. The zero-order valence-electron chi connectivity index (χ0n) is 41.2. The molecule has 0 radical (unpaired) electrons. The number of hydrogen-bond acceptors (Lipinski definition) is 11. The number of allylic oxidation sites excluding steroid dienone is 10. The van der Waals surface area contributed by atoms with Crippen LogP contribution in [0.3, 0.4) is 0 Å². The topological polar surface area (TPSA) is 178 Å². The molecule has 0 aromatic carbocycles. The summed E-state index contributed by atoms with van der Waals surface area (Å²) in [6.07, 6.45) is 46.8. The van der Waals surface area contributed by atoms with E-state index in [1.165, 1.54) is 96.3 Å². The fourth-order valence-electron chi connectivity index (χ4n) is 7.72. The Morgan fingerprint density at radius 3 is 1.55 bits per heavy atom. The summed E-state index contributed by atoms with van der Waals surface area (Å²) >= 11 is 0. The Bertz CT molecular complexity index is 1380. The third kappa shape index (κ3) is 36.8. The first-order valence-electron chi connectivity index (χ1n) is 26.0. The van der Waals surface area contributed by atoms with Crippen LogP contribution in [0.25, 0.3) is 0 Å². The van der Waals surface area contributed by atoms with Gasteiger partial charge >= 0.3 is 16.4 Å². The second kappa shape index (κ2) is 44.0. The zero-order chi connectivity index (χ0) is 48.2. The van der Waals surface area contributed by atoms with Crippen molar-refractivity contribution < 1.29 is 56.2 Å². The van der Waals surface area contributed by atoms with Gasteiger partial charge in [-0.1, -0.05) is 184 Å². The normalized spacial score (nSPS) is 20.0. The molecule has 66 heavy (non-hydrogen) atoms. The lowest BCUT2D eigenvalue weighted by Gasteiger charge is -2.41. The average molecular weight is 955 g/mol. The molecule has 0 aromatic rings. The van der Waals surface area contributed by atoms with Gasteiger partial charge in [-0.25, -0.2) is 4.18 Å². The summed E-state index contributed by atoms with van der Waals surface area (Å²) in [6.45, 7) is 3.87. The van der Waals surface area contributed by atoms with Gasteiger partial charge in [0, 0.05) is 13.0 Å². The maximum Gasteiger partial charge on any atom is 0.397 e. The molecular weight excluding hydrogens is 861 g/mol. The summed E-state index contributed by atoms with van der Waals surface area (Å²) in [5.41, 5.74) is 0. The molecule has 0 saturated carbocycles. The van der Waals surface area contributed by atoms with Crippen LogP contribution in [0.2, 0.25) is 0 Å². The van der Waals surface area contributed by atoms with Crippen LogP contribution in [0.1, 0.15) is 206 Å². The van der Waals surface area contributed by atoms with Gasteiger partial charge in [0.05, 0.1) is 19.8 Å². The maximum atomic E-state index is 12.9. The summed E-state index contributed by atoms with van der Waals surface area (Å²) in [5.74, 6) is -0.413. The molecule has 6 atom stereocenters. The molecule has 0 spiro atoms. The first-order valence-corrected chi connectivity index (χ1v) is 27.4. The molecule has 0 amide bonds. The largest absolute Gasteiger partial charge is 0.457 e. The van der Waals surface area contributed by atoms with E-state index >= 15 is 0 Å². The highest BCUT2D eigenvalue weighted by Gasteiger charge is 2.48. The molecule has 4 N–H and O–H groups in total. The van der Waals surface area contributed by atoms with E-state index in [-0.39, 0.29) is 19.6 Å². The first-order chi connectivity index (χ1) is 32.1. The molecule has 0 aromatic heterocycles. The number of aliphatic hydroxyl groups is 3. The van der Waals surface area contributed by atoms with Gasteiger partial charge < -0.3 is 34.3 Å². The SMILES string of the molecule is CC/C=C\C/C=C\C/C=C\C/C=C\CCCCCCCCC(=O)OC(COCCCCCCCCCCCC/C=C\CCCCCCCC)COC1OC(CO)C(O)C(OS(=O)(=O)O)C1O. The second-order valence-corrected chi connectivity index (χ2v) is 18.8. The van der Waals surface area contributed by atoms with Crippen molar-refractivity contribution in [3.63, 3.8) is 0 Å². The van der Waals surface area contributed by atoms with Gasteiger partial charge in [0.25, 0.3) is 0 Å². The van der Waals surface area contributed by atoms with E-state index in [0.717, 1.165) is 83.5 Å². The molecule has 12 nitrogen and oxygen atoms in total. The van der Waals surface area contributed by atoms with E-state index in [1.807, 2.05) is 0 Å². The highest BCUT2D eigenvalue weighted by Crippen LogP contribution is 2.26. The Labute approximate surface area is 401 Å². The monoisotopic (exact) mass is 955 g/mol. The van der Waals surface area contributed by atoms with Crippen LogP contribution in [0, 0.1) is 0 Å². The molecule has 13 heteroatoms. The third-order valence-electron chi connectivity index (χ3n) is 11.6. The maximum absolute atomic E-state index is 12.9. The minimum absolute atomic E-state index is 0.0275. The molecule has 1 saturated heterocycles. The molecule has 1 aliphatic heterocycles. The molecule has 0 aliphatic carbocycles. The van der Waals surface area contributed by atoms with Gasteiger partial charge in [-0.15, -0.1) is 0 Å². The quantitative estimate of drug-likeness (QED) is 0.0197. The van der Waals surface area contributed by atoms with Crippen LogP contribution in [-0.4, -0.2) is 97.5 Å². The van der Waals surface area contributed by atoms with Crippen LogP contribution in [0.4, 0.5) is 0 Å². The minimum atomic E-state index is -5.07. The fraction of sp³-hybridized carbons (Fsp3) is 0.792. The van der Waals surface area contributed by atoms with Crippen LogP contribution in [0.15, 0.2) is 60.8 Å². The first kappa shape index (κ1) is 61.8. The number of unbranched alkanes of at least 4 members (excludes halogenated alkanes) is 22. The highest BCUT2D eigenvalue weighted by molar-refractivity contribution is 7.80. The van der Waals surface area contributed by atoms with Gasteiger partial charge in [0.2, 0.25) is 0 Å². The summed E-state index contributed by atoms with van der Waals surface area (Å²) in [5, 5.41) is 30.8. The predicted octanol–water partition coefficient (Wildman–Crippen LogP) is 12.1. The molecule has 1 heterocycles. The van der Waals surface area contributed by atoms with E-state index < -0.39 is 59.8 Å². The van der Waals surface area contributed by atoms with Crippen molar-refractivity contribution >= 4 is 16.4 Å². The Kier molecular flexibility index (Phi) is 41.2. The lowest BCUT2D eigenvalue weighted by Crippen LogP contribution is -2.60. The minimum Gasteiger partial charge on any atom is -0.457 e. The van der Waals surface area contributed by atoms with E-state index in [1.54, 1.807) is 0 Å². The Morgan fingerprint density at radius 1 is 0.591 bits per heavy atom. The van der Waals surface area contributed by atoms with Crippen molar-refractivity contribution in [2.45, 2.75) is 243 Å². The summed E-state index contributed by atoms with van der Waals surface area (Å²) in [7, 11) is -5.07. The van der Waals surface area contributed by atoms with Crippen LogP contribution in [-0.2, 0) is 38.3 Å². The van der Waals surface area contributed by atoms with Gasteiger partial charge in [-0.2, -0.15) is 8.42 Å². The van der Waals surface area contributed by atoms with E-state index in [9.17, 15) is 33.1 Å². The van der Waals surface area contributed by atoms with Crippen LogP contribution >= 0.6 is 0 Å². The van der Waals surface area contributed by atoms with Crippen molar-refractivity contribution in [2.24, 2.45) is 0 Å². The molecule has 1 aliphatic rings. The number of carbonyl (C=O) groups excluding carboxylic acids is 1. The fourth-order valence-corrected chi connectivity index (χ4v) is 8.23. The molecule has 0 bridgehead atoms. The van der Waals surface area contributed by atoms with E-state index in [0.29, 0.717) is 13.0 Å². The highest BCUT2D eigenvalue weighted by atomic mass is 32.3. The van der Waals surface area contributed by atoms with Crippen LogP contribution in [0.5, 0.6) is 0 Å². The van der Waals surface area contributed by atoms with Crippen molar-refractivity contribution in [1.82, 2.24) is 0 Å². The Hall–Kier alpha value is -2.20. The molecule has 6 unspecified atom stereocenters. The summed E-state index contributed by atoms with van der Waals surface area (Å²) in [4.78, 5) is 12.9. The molecule has 1 rings (SSSR count). The van der Waals surface area contributed by atoms with Crippen molar-refractivity contribution in [3.05, 3.63) is 60.8 Å². The number of rotatable bonds is 45.